The number of benzene rings is 1. The maximum absolute atomic E-state index is 13.0. The highest BCUT2D eigenvalue weighted by atomic mass is 19.4. The number of amides is 1. The summed E-state index contributed by atoms with van der Waals surface area (Å²) in [5.41, 5.74) is -0.957. The van der Waals surface area contributed by atoms with Gasteiger partial charge in [0.2, 0.25) is 0 Å². The Kier molecular flexibility index (Phi) is 3.02. The Morgan fingerprint density at radius 3 is 2.50 bits per heavy atom. The summed E-state index contributed by atoms with van der Waals surface area (Å²) >= 11 is 0. The lowest BCUT2D eigenvalue weighted by Gasteiger charge is -2.15. The third kappa shape index (κ3) is 2.47. The first kappa shape index (κ1) is 12.5. The molecule has 94 valence electrons. The van der Waals surface area contributed by atoms with Gasteiger partial charge in [0, 0.05) is 0 Å². The highest BCUT2D eigenvalue weighted by Gasteiger charge is 2.37. The molecule has 0 aliphatic carbocycles. The molecule has 2 nitrogen and oxygen atoms in total. The first-order chi connectivity index (χ1) is 8.38. The van der Waals surface area contributed by atoms with Crippen molar-refractivity contribution in [2.75, 3.05) is 0 Å². The number of halogens is 4. The van der Waals surface area contributed by atoms with E-state index in [1.165, 1.54) is 18.2 Å². The Hall–Kier alpha value is -1.98. The molecule has 18 heavy (non-hydrogen) atoms. The molecule has 1 atom stereocenters. The number of hydrogen-bond acceptors (Lipinski definition) is 1. The predicted molar refractivity (Wildman–Crippen MR) is 56.8 cm³/mol. The maximum Gasteiger partial charge on any atom is 0.433 e. The molecule has 1 unspecified atom stereocenters. The summed E-state index contributed by atoms with van der Waals surface area (Å²) in [6, 6.07) is 5.13. The van der Waals surface area contributed by atoms with Crippen molar-refractivity contribution in [3.8, 4) is 0 Å². The van der Waals surface area contributed by atoms with Gasteiger partial charge in [-0.3, -0.25) is 4.79 Å². The summed E-state index contributed by atoms with van der Waals surface area (Å²) in [4.78, 5) is 14.5. The largest absolute Gasteiger partial charge is 0.433 e. The zero-order valence-corrected chi connectivity index (χ0v) is 8.91. The maximum atomic E-state index is 13.0. The second-order valence-corrected chi connectivity index (χ2v) is 3.72. The lowest BCUT2D eigenvalue weighted by atomic mass is 9.95. The Morgan fingerprint density at radius 2 is 1.94 bits per heavy atom. The fourth-order valence-electron chi connectivity index (χ4n) is 1.61. The van der Waals surface area contributed by atoms with Crippen LogP contribution in [-0.2, 0) is 4.79 Å². The smallest absolute Gasteiger partial charge is 0.272 e. The molecule has 1 aliphatic heterocycles. The van der Waals surface area contributed by atoms with Crippen LogP contribution in [-0.4, -0.2) is 17.8 Å². The molecule has 0 saturated carbocycles. The van der Waals surface area contributed by atoms with Crippen molar-refractivity contribution in [1.29, 1.82) is 0 Å². The number of carbonyl (C=O) groups is 1. The molecular weight excluding hydrogens is 250 g/mol. The third-order valence-electron chi connectivity index (χ3n) is 2.44. The number of aliphatic imine (C=N–C) groups is 1. The van der Waals surface area contributed by atoms with E-state index in [-0.39, 0.29) is 5.56 Å². The lowest BCUT2D eigenvalue weighted by molar-refractivity contribution is -0.119. The van der Waals surface area contributed by atoms with E-state index in [1.807, 2.05) is 0 Å². The van der Waals surface area contributed by atoms with Gasteiger partial charge in [-0.05, 0) is 23.8 Å². The SMILES string of the molecule is O=C1N=C(C(F)(F)F)C=CC1c1cccc(F)c1. The van der Waals surface area contributed by atoms with Crippen LogP contribution in [0.1, 0.15) is 11.5 Å². The van der Waals surface area contributed by atoms with Gasteiger partial charge in [-0.1, -0.05) is 18.2 Å². The van der Waals surface area contributed by atoms with E-state index in [0.717, 1.165) is 18.2 Å². The van der Waals surface area contributed by atoms with E-state index in [4.69, 9.17) is 0 Å². The molecular formula is C12H7F4NO. The molecule has 0 N–H and O–H groups in total. The van der Waals surface area contributed by atoms with E-state index in [0.29, 0.717) is 0 Å². The highest BCUT2D eigenvalue weighted by molar-refractivity contribution is 6.10. The zero-order chi connectivity index (χ0) is 13.3. The summed E-state index contributed by atoms with van der Waals surface area (Å²) in [5, 5.41) is 0. The Balaban J connectivity index is 2.30. The molecule has 0 bridgehead atoms. The van der Waals surface area contributed by atoms with Gasteiger partial charge in [0.05, 0.1) is 5.92 Å². The van der Waals surface area contributed by atoms with Crippen LogP contribution in [0.15, 0.2) is 41.4 Å². The van der Waals surface area contributed by atoms with Gasteiger partial charge in [0.15, 0.2) is 0 Å². The van der Waals surface area contributed by atoms with Crippen molar-refractivity contribution < 1.29 is 22.4 Å². The third-order valence-corrected chi connectivity index (χ3v) is 2.44. The first-order valence-corrected chi connectivity index (χ1v) is 5.01. The molecule has 1 aromatic rings. The monoisotopic (exact) mass is 257 g/mol. The standard InChI is InChI=1S/C12H7F4NO/c13-8-3-1-2-7(6-8)9-4-5-10(12(14,15)16)17-11(9)18/h1-6,9H. The lowest BCUT2D eigenvalue weighted by Crippen LogP contribution is -2.26. The molecule has 2 rings (SSSR count). The summed E-state index contributed by atoms with van der Waals surface area (Å²) in [5.74, 6) is -2.47. The van der Waals surface area contributed by atoms with Crippen molar-refractivity contribution in [2.24, 2.45) is 4.99 Å². The van der Waals surface area contributed by atoms with Gasteiger partial charge in [-0.15, -0.1) is 0 Å². The predicted octanol–water partition coefficient (Wildman–Crippen LogP) is 3.01. The van der Waals surface area contributed by atoms with Crippen LogP contribution >= 0.6 is 0 Å². The number of rotatable bonds is 1. The van der Waals surface area contributed by atoms with Gasteiger partial charge < -0.3 is 0 Å². The van der Waals surface area contributed by atoms with Gasteiger partial charge in [0.25, 0.3) is 5.91 Å². The molecule has 1 amide bonds. The van der Waals surface area contributed by atoms with Gasteiger partial charge >= 0.3 is 6.18 Å². The summed E-state index contributed by atoms with van der Waals surface area (Å²) in [6.45, 7) is 0. The van der Waals surface area contributed by atoms with Gasteiger partial charge in [-0.25, -0.2) is 9.38 Å². The molecule has 1 aromatic carbocycles. The average Bonchev–Trinajstić information content (AvgIpc) is 2.27. The zero-order valence-electron chi connectivity index (χ0n) is 8.91. The van der Waals surface area contributed by atoms with Crippen molar-refractivity contribution in [1.82, 2.24) is 0 Å². The van der Waals surface area contributed by atoms with Crippen molar-refractivity contribution >= 4 is 11.6 Å². The topological polar surface area (TPSA) is 29.4 Å². The van der Waals surface area contributed by atoms with Crippen molar-refractivity contribution in [3.63, 3.8) is 0 Å². The normalized spacial score (nSPS) is 19.9. The number of dihydropyridines is 1. The first-order valence-electron chi connectivity index (χ1n) is 5.01. The minimum atomic E-state index is -4.65. The molecule has 1 heterocycles. The van der Waals surface area contributed by atoms with E-state index in [9.17, 15) is 22.4 Å². The Bertz CT molecular complexity index is 545. The van der Waals surface area contributed by atoms with Crippen LogP contribution in [0.2, 0.25) is 0 Å². The Morgan fingerprint density at radius 1 is 1.22 bits per heavy atom. The van der Waals surface area contributed by atoms with Crippen molar-refractivity contribution in [2.45, 2.75) is 12.1 Å². The van der Waals surface area contributed by atoms with Gasteiger partial charge in [0.1, 0.15) is 11.5 Å². The number of carbonyl (C=O) groups excluding carboxylic acids is 1. The summed E-state index contributed by atoms with van der Waals surface area (Å²) in [7, 11) is 0. The van der Waals surface area contributed by atoms with Crippen LogP contribution < -0.4 is 0 Å². The number of nitrogens with zero attached hydrogens (tertiary/aromatic N) is 1. The fraction of sp³-hybridized carbons (Fsp3) is 0.167. The van der Waals surface area contributed by atoms with Crippen LogP contribution in [0.25, 0.3) is 0 Å². The summed E-state index contributed by atoms with van der Waals surface area (Å²) < 4.78 is 49.9. The number of alkyl halides is 3. The van der Waals surface area contributed by atoms with Crippen LogP contribution in [0, 0.1) is 5.82 Å². The highest BCUT2D eigenvalue weighted by Crippen LogP contribution is 2.27. The van der Waals surface area contributed by atoms with E-state index in [2.05, 4.69) is 4.99 Å². The molecule has 0 aromatic heterocycles. The molecule has 0 saturated heterocycles. The average molecular weight is 257 g/mol. The Labute approximate surface area is 99.6 Å². The minimum absolute atomic E-state index is 0.279. The second kappa shape index (κ2) is 4.36. The van der Waals surface area contributed by atoms with Crippen LogP contribution in [0.5, 0.6) is 0 Å². The minimum Gasteiger partial charge on any atom is -0.272 e. The van der Waals surface area contributed by atoms with Crippen LogP contribution in [0.3, 0.4) is 0 Å². The molecule has 0 radical (unpaired) electrons. The molecule has 1 aliphatic rings. The quantitative estimate of drug-likeness (QED) is 0.711. The molecule has 0 spiro atoms. The summed E-state index contributed by atoms with van der Waals surface area (Å²) in [6.07, 6.45) is -2.84. The van der Waals surface area contributed by atoms with E-state index >= 15 is 0 Å². The second-order valence-electron chi connectivity index (χ2n) is 3.72. The number of hydrogen-bond donors (Lipinski definition) is 0. The fourth-order valence-corrected chi connectivity index (χ4v) is 1.61. The molecule has 6 heteroatoms. The number of allylic oxidation sites excluding steroid dienone is 1. The van der Waals surface area contributed by atoms with Gasteiger partial charge in [-0.2, -0.15) is 13.2 Å². The van der Waals surface area contributed by atoms with Crippen molar-refractivity contribution in [3.05, 3.63) is 47.8 Å². The van der Waals surface area contributed by atoms with E-state index in [1.54, 1.807) is 0 Å². The molecule has 0 fully saturated rings. The van der Waals surface area contributed by atoms with Crippen LogP contribution in [0.4, 0.5) is 17.6 Å². The van der Waals surface area contributed by atoms with E-state index < -0.39 is 29.5 Å².